The molecule has 9 heteroatoms. The summed E-state index contributed by atoms with van der Waals surface area (Å²) in [5, 5.41) is 9.93. The van der Waals surface area contributed by atoms with Crippen LogP contribution in [-0.2, 0) is 22.1 Å². The van der Waals surface area contributed by atoms with Crippen LogP contribution in [0.1, 0.15) is 23.7 Å². The maximum Gasteiger partial charge on any atom is 0.191 e. The molecule has 2 heterocycles. The van der Waals surface area contributed by atoms with Crippen LogP contribution in [0.2, 0.25) is 5.02 Å². The Hall–Kier alpha value is -1.51. The van der Waals surface area contributed by atoms with E-state index >= 15 is 0 Å². The summed E-state index contributed by atoms with van der Waals surface area (Å²) in [5.74, 6) is 2.32. The third kappa shape index (κ3) is 4.24. The third-order valence-electron chi connectivity index (χ3n) is 4.25. The molecule has 0 aliphatic carbocycles. The molecule has 6 nitrogen and oxygen atoms in total. The van der Waals surface area contributed by atoms with Crippen molar-refractivity contribution in [2.45, 2.75) is 29.8 Å². The van der Waals surface area contributed by atoms with Crippen molar-refractivity contribution in [2.24, 2.45) is 0 Å². The van der Waals surface area contributed by atoms with Gasteiger partial charge in [-0.1, -0.05) is 29.4 Å². The van der Waals surface area contributed by atoms with E-state index in [1.54, 1.807) is 19.3 Å². The second-order valence-corrected chi connectivity index (χ2v) is 9.69. The highest BCUT2D eigenvalue weighted by Gasteiger charge is 2.33. The molecule has 1 unspecified atom stereocenters. The lowest BCUT2D eigenvalue weighted by atomic mass is 10.1. The lowest BCUT2D eigenvalue weighted by molar-refractivity contribution is 0.411. The van der Waals surface area contributed by atoms with Crippen molar-refractivity contribution in [1.82, 2.24) is 14.8 Å². The number of halogens is 1. The molecule has 0 amide bonds. The smallest absolute Gasteiger partial charge is 0.191 e. The molecule has 0 saturated carbocycles. The van der Waals surface area contributed by atoms with Gasteiger partial charge in [0.15, 0.2) is 15.0 Å². The van der Waals surface area contributed by atoms with E-state index in [1.807, 2.05) is 16.7 Å². The van der Waals surface area contributed by atoms with Gasteiger partial charge >= 0.3 is 0 Å². The Labute approximate surface area is 162 Å². The number of aromatic nitrogens is 3. The van der Waals surface area contributed by atoms with E-state index in [0.717, 1.165) is 16.5 Å². The van der Waals surface area contributed by atoms with E-state index < -0.39 is 9.84 Å². The summed E-state index contributed by atoms with van der Waals surface area (Å²) < 4.78 is 30.9. The highest BCUT2D eigenvalue weighted by molar-refractivity contribution is 7.98. The first kappa shape index (κ1) is 19.3. The molecule has 140 valence electrons. The van der Waals surface area contributed by atoms with Gasteiger partial charge in [0.1, 0.15) is 11.6 Å². The molecule has 1 aromatic heterocycles. The standard InChI is InChI=1S/C17H20ClN3O3S2/c1-3-7-21-16(12-6-8-26(22,23)11-12)19-20-17(21)25-10-13-9-14(18)4-5-15(13)24-2/h3-5,9,12H,1,6-8,10-11H2,2H3. The molecule has 1 aromatic carbocycles. The van der Waals surface area contributed by atoms with Gasteiger partial charge in [-0.15, -0.1) is 16.8 Å². The molecule has 0 N–H and O–H groups in total. The van der Waals surface area contributed by atoms with Crippen molar-refractivity contribution >= 4 is 33.2 Å². The van der Waals surface area contributed by atoms with Crippen molar-refractivity contribution in [2.75, 3.05) is 18.6 Å². The van der Waals surface area contributed by atoms with E-state index in [0.29, 0.717) is 29.6 Å². The number of thioether (sulfide) groups is 1. The van der Waals surface area contributed by atoms with Gasteiger partial charge < -0.3 is 9.30 Å². The summed E-state index contributed by atoms with van der Waals surface area (Å²) >= 11 is 7.60. The first-order valence-corrected chi connectivity index (χ1v) is 11.3. The fourth-order valence-corrected chi connectivity index (χ4v) is 5.88. The van der Waals surface area contributed by atoms with E-state index in [-0.39, 0.29) is 17.4 Å². The zero-order valence-corrected chi connectivity index (χ0v) is 16.8. The minimum atomic E-state index is -2.98. The Bertz CT molecular complexity index is 912. The van der Waals surface area contributed by atoms with Crippen molar-refractivity contribution in [1.29, 1.82) is 0 Å². The van der Waals surface area contributed by atoms with Gasteiger partial charge in [-0.05, 0) is 24.6 Å². The first-order chi connectivity index (χ1) is 12.4. The largest absolute Gasteiger partial charge is 0.496 e. The highest BCUT2D eigenvalue weighted by atomic mass is 35.5. The van der Waals surface area contributed by atoms with Crippen LogP contribution < -0.4 is 4.74 Å². The van der Waals surface area contributed by atoms with Crippen LogP contribution in [0, 0.1) is 0 Å². The van der Waals surface area contributed by atoms with Crippen LogP contribution in [0.25, 0.3) is 0 Å². The Morgan fingerprint density at radius 3 is 2.92 bits per heavy atom. The number of ether oxygens (including phenoxy) is 1. The number of allylic oxidation sites excluding steroid dienone is 1. The lowest BCUT2D eigenvalue weighted by Gasteiger charge is -2.12. The molecule has 0 spiro atoms. The van der Waals surface area contributed by atoms with Crippen LogP contribution in [0.3, 0.4) is 0 Å². The normalized spacial score (nSPS) is 18.8. The number of methoxy groups -OCH3 is 1. The van der Waals surface area contributed by atoms with Crippen LogP contribution in [-0.4, -0.2) is 41.8 Å². The number of sulfone groups is 1. The maximum atomic E-state index is 11.8. The highest BCUT2D eigenvalue weighted by Crippen LogP contribution is 2.33. The van der Waals surface area contributed by atoms with Gasteiger partial charge in [0.25, 0.3) is 0 Å². The molecule has 0 radical (unpaired) electrons. The van der Waals surface area contributed by atoms with Gasteiger partial charge in [-0.25, -0.2) is 8.42 Å². The van der Waals surface area contributed by atoms with Gasteiger partial charge in [0.05, 0.1) is 18.6 Å². The Balaban J connectivity index is 1.82. The summed E-state index contributed by atoms with van der Waals surface area (Å²) in [6.07, 6.45) is 2.35. The quantitative estimate of drug-likeness (QED) is 0.512. The summed E-state index contributed by atoms with van der Waals surface area (Å²) in [6.45, 7) is 4.32. The summed E-state index contributed by atoms with van der Waals surface area (Å²) in [5.41, 5.74) is 0.961. The fourth-order valence-electron chi connectivity index (χ4n) is 3.01. The van der Waals surface area contributed by atoms with Crippen molar-refractivity contribution in [3.05, 3.63) is 47.3 Å². The molecular formula is C17H20ClN3O3S2. The molecule has 2 aromatic rings. The van der Waals surface area contributed by atoms with E-state index in [9.17, 15) is 8.42 Å². The van der Waals surface area contributed by atoms with Gasteiger partial charge in [0.2, 0.25) is 0 Å². The monoisotopic (exact) mass is 413 g/mol. The summed E-state index contributed by atoms with van der Waals surface area (Å²) in [4.78, 5) is 0. The van der Waals surface area contributed by atoms with Gasteiger partial charge in [0, 0.05) is 28.8 Å². The molecule has 1 fully saturated rings. The summed E-state index contributed by atoms with van der Waals surface area (Å²) in [7, 11) is -1.36. The van der Waals surface area contributed by atoms with Gasteiger partial charge in [-0.3, -0.25) is 0 Å². The summed E-state index contributed by atoms with van der Waals surface area (Å²) in [6, 6.07) is 5.49. The zero-order chi connectivity index (χ0) is 18.7. The molecule has 3 rings (SSSR count). The number of benzene rings is 1. The van der Waals surface area contributed by atoms with Gasteiger partial charge in [-0.2, -0.15) is 0 Å². The third-order valence-corrected chi connectivity index (χ3v) is 7.27. The average Bonchev–Trinajstić information content (AvgIpc) is 3.16. The van der Waals surface area contributed by atoms with E-state index in [1.165, 1.54) is 11.8 Å². The fraction of sp³-hybridized carbons (Fsp3) is 0.412. The van der Waals surface area contributed by atoms with Crippen molar-refractivity contribution < 1.29 is 13.2 Å². The van der Waals surface area contributed by atoms with Crippen LogP contribution in [0.5, 0.6) is 5.75 Å². The maximum absolute atomic E-state index is 11.8. The molecule has 1 saturated heterocycles. The van der Waals surface area contributed by atoms with Crippen LogP contribution in [0.15, 0.2) is 36.0 Å². The first-order valence-electron chi connectivity index (χ1n) is 8.13. The average molecular weight is 414 g/mol. The predicted molar refractivity (Wildman–Crippen MR) is 104 cm³/mol. The number of hydrogen-bond donors (Lipinski definition) is 0. The Morgan fingerprint density at radius 1 is 1.46 bits per heavy atom. The second-order valence-electron chi connectivity index (χ2n) is 6.08. The van der Waals surface area contributed by atoms with E-state index in [4.69, 9.17) is 16.3 Å². The van der Waals surface area contributed by atoms with Crippen LogP contribution in [0.4, 0.5) is 0 Å². The number of hydrogen-bond acceptors (Lipinski definition) is 6. The number of nitrogens with zero attached hydrogens (tertiary/aromatic N) is 3. The lowest BCUT2D eigenvalue weighted by Crippen LogP contribution is -2.11. The van der Waals surface area contributed by atoms with Crippen LogP contribution >= 0.6 is 23.4 Å². The molecule has 26 heavy (non-hydrogen) atoms. The molecule has 1 atom stereocenters. The predicted octanol–water partition coefficient (Wildman–Crippen LogP) is 3.32. The Kier molecular flexibility index (Phi) is 5.94. The van der Waals surface area contributed by atoms with Crippen molar-refractivity contribution in [3.63, 3.8) is 0 Å². The second kappa shape index (κ2) is 8.02. The number of rotatable bonds is 7. The zero-order valence-electron chi connectivity index (χ0n) is 14.4. The molecule has 1 aliphatic rings. The minimum absolute atomic E-state index is 0.109. The molecule has 0 bridgehead atoms. The SMILES string of the molecule is C=CCn1c(SCc2cc(Cl)ccc2OC)nnc1C1CCS(=O)(=O)C1. The Morgan fingerprint density at radius 2 is 2.27 bits per heavy atom. The topological polar surface area (TPSA) is 74.1 Å². The van der Waals surface area contributed by atoms with E-state index in [2.05, 4.69) is 16.8 Å². The molecule has 1 aliphatic heterocycles. The minimum Gasteiger partial charge on any atom is -0.496 e. The van der Waals surface area contributed by atoms with Crippen molar-refractivity contribution in [3.8, 4) is 5.75 Å². The molecular weight excluding hydrogens is 394 g/mol.